The molecule has 0 spiro atoms. The number of ether oxygens (including phenoxy) is 1. The van der Waals surface area contributed by atoms with Crippen molar-refractivity contribution in [1.29, 1.82) is 0 Å². The van der Waals surface area contributed by atoms with Crippen molar-refractivity contribution in [2.45, 2.75) is 32.3 Å². The topological polar surface area (TPSA) is 55.6 Å². The van der Waals surface area contributed by atoms with E-state index >= 15 is 0 Å². The quantitative estimate of drug-likeness (QED) is 0.721. The lowest BCUT2D eigenvalue weighted by Gasteiger charge is -2.21. The predicted octanol–water partition coefficient (Wildman–Crippen LogP) is 4.73. The van der Waals surface area contributed by atoms with Gasteiger partial charge in [-0.3, -0.25) is 0 Å². The maximum Gasteiger partial charge on any atom is 0.329 e. The molecule has 0 radical (unpaired) electrons. The van der Waals surface area contributed by atoms with E-state index in [0.717, 1.165) is 29.1 Å². The third-order valence-corrected chi connectivity index (χ3v) is 3.97. The van der Waals surface area contributed by atoms with Gasteiger partial charge in [-0.1, -0.05) is 62.6 Å². The minimum Gasteiger partial charge on any atom is -0.486 e. The average Bonchev–Trinajstić information content (AvgIpc) is 2.58. The highest BCUT2D eigenvalue weighted by Gasteiger charge is 2.14. The molecule has 0 aliphatic carbocycles. The average molecular weight is 330 g/mol. The first-order valence-corrected chi connectivity index (χ1v) is 8.12. The van der Waals surface area contributed by atoms with Crippen LogP contribution < -0.4 is 14.8 Å². The SMILES string of the molecule is CCCCC(Oc1cccc(N(S)C(N)=O)c1)c1ccccc1. The Hall–Kier alpha value is -2.14. The summed E-state index contributed by atoms with van der Waals surface area (Å²) in [7, 11) is 0. The number of anilines is 1. The van der Waals surface area contributed by atoms with Gasteiger partial charge in [0.25, 0.3) is 0 Å². The number of urea groups is 1. The monoisotopic (exact) mass is 330 g/mol. The Morgan fingerprint density at radius 1 is 1.22 bits per heavy atom. The second kappa shape index (κ2) is 8.48. The second-order valence-electron chi connectivity index (χ2n) is 5.31. The Kier molecular flexibility index (Phi) is 6.35. The number of primary amides is 1. The fraction of sp³-hybridized carbons (Fsp3) is 0.278. The van der Waals surface area contributed by atoms with Crippen molar-refractivity contribution in [3.05, 3.63) is 60.2 Å². The molecule has 2 N–H and O–H groups in total. The van der Waals surface area contributed by atoms with Crippen LogP contribution in [0.1, 0.15) is 37.9 Å². The van der Waals surface area contributed by atoms with E-state index in [9.17, 15) is 4.79 Å². The summed E-state index contributed by atoms with van der Waals surface area (Å²) in [4.78, 5) is 11.2. The number of nitrogens with zero attached hydrogens (tertiary/aromatic N) is 1. The smallest absolute Gasteiger partial charge is 0.329 e. The number of unbranched alkanes of at least 4 members (excludes halogenated alkanes) is 1. The summed E-state index contributed by atoms with van der Waals surface area (Å²) in [6.45, 7) is 2.16. The Bertz CT molecular complexity index is 634. The zero-order valence-corrected chi connectivity index (χ0v) is 14.1. The van der Waals surface area contributed by atoms with Gasteiger partial charge in [0.15, 0.2) is 0 Å². The first-order chi connectivity index (χ1) is 11.1. The molecule has 0 bridgehead atoms. The fourth-order valence-corrected chi connectivity index (χ4v) is 2.46. The number of hydrogen-bond acceptors (Lipinski definition) is 3. The molecule has 1 unspecified atom stereocenters. The molecule has 0 saturated heterocycles. The summed E-state index contributed by atoms with van der Waals surface area (Å²) < 4.78 is 7.25. The summed E-state index contributed by atoms with van der Waals surface area (Å²) in [6.07, 6.45) is 3.11. The molecule has 4 nitrogen and oxygen atoms in total. The van der Waals surface area contributed by atoms with Gasteiger partial charge < -0.3 is 10.5 Å². The van der Waals surface area contributed by atoms with E-state index in [1.807, 2.05) is 30.3 Å². The van der Waals surface area contributed by atoms with E-state index in [4.69, 9.17) is 10.5 Å². The summed E-state index contributed by atoms with van der Waals surface area (Å²) in [6, 6.07) is 16.7. The first kappa shape index (κ1) is 17.2. The van der Waals surface area contributed by atoms with Crippen LogP contribution in [0, 0.1) is 0 Å². The van der Waals surface area contributed by atoms with Gasteiger partial charge in [-0.2, -0.15) is 0 Å². The van der Waals surface area contributed by atoms with E-state index in [-0.39, 0.29) is 6.10 Å². The Labute approximate surface area is 142 Å². The number of carbonyl (C=O) groups excluding carboxylic acids is 1. The summed E-state index contributed by atoms with van der Waals surface area (Å²) in [5.41, 5.74) is 6.97. The standard InChI is InChI=1S/C18H22N2O2S/c1-2-3-12-17(14-8-5-4-6-9-14)22-16-11-7-10-15(13-16)20(23)18(19)21/h4-11,13,17,23H,2-3,12H2,1H3,(H2,19,21). The maximum atomic E-state index is 11.2. The minimum atomic E-state index is -0.629. The van der Waals surface area contributed by atoms with E-state index < -0.39 is 6.03 Å². The number of benzene rings is 2. The number of thiol groups is 1. The van der Waals surface area contributed by atoms with Crippen LogP contribution in [0.15, 0.2) is 54.6 Å². The number of carbonyl (C=O) groups is 1. The van der Waals surface area contributed by atoms with Crippen molar-refractivity contribution >= 4 is 24.5 Å². The Morgan fingerprint density at radius 3 is 2.61 bits per heavy atom. The van der Waals surface area contributed by atoms with E-state index in [1.165, 1.54) is 0 Å². The molecule has 0 aliphatic rings. The molecule has 23 heavy (non-hydrogen) atoms. The van der Waals surface area contributed by atoms with Crippen LogP contribution in [-0.2, 0) is 0 Å². The highest BCUT2D eigenvalue weighted by Crippen LogP contribution is 2.29. The van der Waals surface area contributed by atoms with Crippen LogP contribution in [0.25, 0.3) is 0 Å². The molecule has 2 aromatic carbocycles. The van der Waals surface area contributed by atoms with Crippen molar-refractivity contribution in [2.75, 3.05) is 4.31 Å². The van der Waals surface area contributed by atoms with Gasteiger partial charge in [0, 0.05) is 6.07 Å². The van der Waals surface area contributed by atoms with Gasteiger partial charge in [-0.05, 0) is 30.5 Å². The highest BCUT2D eigenvalue weighted by molar-refractivity contribution is 7.82. The molecule has 1 atom stereocenters. The molecule has 0 aliphatic heterocycles. The molecule has 0 fully saturated rings. The largest absolute Gasteiger partial charge is 0.486 e. The normalized spacial score (nSPS) is 11.7. The van der Waals surface area contributed by atoms with E-state index in [0.29, 0.717) is 11.4 Å². The molecular formula is C18H22N2O2S. The van der Waals surface area contributed by atoms with Crippen LogP contribution in [-0.4, -0.2) is 6.03 Å². The number of amides is 2. The lowest BCUT2D eigenvalue weighted by Crippen LogP contribution is -2.27. The zero-order valence-electron chi connectivity index (χ0n) is 13.2. The third kappa shape index (κ3) is 4.93. The van der Waals surface area contributed by atoms with Gasteiger partial charge in [0.1, 0.15) is 11.9 Å². The van der Waals surface area contributed by atoms with Crippen LogP contribution >= 0.6 is 12.8 Å². The lowest BCUT2D eigenvalue weighted by molar-refractivity contribution is 0.191. The van der Waals surface area contributed by atoms with Gasteiger partial charge in [0.2, 0.25) is 0 Å². The van der Waals surface area contributed by atoms with E-state index in [1.54, 1.807) is 12.1 Å². The highest BCUT2D eigenvalue weighted by atomic mass is 32.1. The van der Waals surface area contributed by atoms with Gasteiger partial charge in [-0.25, -0.2) is 9.10 Å². The van der Waals surface area contributed by atoms with Crippen molar-refractivity contribution in [3.8, 4) is 5.75 Å². The van der Waals surface area contributed by atoms with Crippen LogP contribution in [0.2, 0.25) is 0 Å². The van der Waals surface area contributed by atoms with Crippen molar-refractivity contribution in [1.82, 2.24) is 0 Å². The third-order valence-electron chi connectivity index (χ3n) is 3.54. The van der Waals surface area contributed by atoms with Crippen LogP contribution in [0.4, 0.5) is 10.5 Å². The van der Waals surface area contributed by atoms with Crippen LogP contribution in [0.5, 0.6) is 5.75 Å². The summed E-state index contributed by atoms with van der Waals surface area (Å²) in [5, 5.41) is 0. The Morgan fingerprint density at radius 2 is 1.96 bits per heavy atom. The molecule has 0 saturated carbocycles. The predicted molar refractivity (Wildman–Crippen MR) is 96.8 cm³/mol. The maximum absolute atomic E-state index is 11.2. The van der Waals surface area contributed by atoms with Crippen LogP contribution in [0.3, 0.4) is 0 Å². The minimum absolute atomic E-state index is 0.0201. The molecule has 122 valence electrons. The first-order valence-electron chi connectivity index (χ1n) is 7.72. The van der Waals surface area contributed by atoms with Gasteiger partial charge in [-0.15, -0.1) is 0 Å². The number of nitrogens with two attached hydrogens (primary N) is 1. The van der Waals surface area contributed by atoms with Crippen molar-refractivity contribution in [2.24, 2.45) is 5.73 Å². The molecule has 2 aromatic rings. The summed E-state index contributed by atoms with van der Waals surface area (Å²) >= 11 is 4.08. The van der Waals surface area contributed by atoms with Crippen molar-refractivity contribution in [3.63, 3.8) is 0 Å². The van der Waals surface area contributed by atoms with E-state index in [2.05, 4.69) is 31.9 Å². The summed E-state index contributed by atoms with van der Waals surface area (Å²) in [5.74, 6) is 0.688. The molecule has 5 heteroatoms. The number of rotatable bonds is 7. The number of hydrogen-bond donors (Lipinski definition) is 2. The molecule has 0 heterocycles. The molecule has 0 aromatic heterocycles. The van der Waals surface area contributed by atoms with Gasteiger partial charge in [0.05, 0.1) is 5.69 Å². The zero-order chi connectivity index (χ0) is 16.7. The molecular weight excluding hydrogens is 308 g/mol. The second-order valence-corrected chi connectivity index (χ2v) is 5.71. The fourth-order valence-electron chi connectivity index (χ4n) is 2.33. The van der Waals surface area contributed by atoms with Crippen molar-refractivity contribution < 1.29 is 9.53 Å². The Balaban J connectivity index is 2.19. The molecule has 2 rings (SSSR count). The lowest BCUT2D eigenvalue weighted by atomic mass is 10.0. The van der Waals surface area contributed by atoms with Gasteiger partial charge >= 0.3 is 6.03 Å². The molecule has 2 amide bonds.